The van der Waals surface area contributed by atoms with E-state index in [0.29, 0.717) is 11.7 Å². The van der Waals surface area contributed by atoms with Crippen molar-refractivity contribution in [1.82, 2.24) is 14.8 Å². The Morgan fingerprint density at radius 2 is 2.00 bits per heavy atom. The van der Waals surface area contributed by atoms with E-state index in [0.717, 1.165) is 17.7 Å². The highest BCUT2D eigenvalue weighted by Crippen LogP contribution is 2.31. The van der Waals surface area contributed by atoms with Crippen molar-refractivity contribution in [2.75, 3.05) is 17.2 Å². The molecule has 0 aliphatic carbocycles. The van der Waals surface area contributed by atoms with E-state index in [-0.39, 0.29) is 30.7 Å². The number of nitrogens with zero attached hydrogens (tertiary/aromatic N) is 3. The van der Waals surface area contributed by atoms with Gasteiger partial charge in [0.05, 0.1) is 18.0 Å². The fourth-order valence-electron chi connectivity index (χ4n) is 3.17. The van der Waals surface area contributed by atoms with E-state index < -0.39 is 17.6 Å². The third kappa shape index (κ3) is 4.65. The maximum Gasteiger partial charge on any atom is 0.416 e. The second-order valence-corrected chi connectivity index (χ2v) is 6.78. The van der Waals surface area contributed by atoms with Gasteiger partial charge in [-0.3, -0.25) is 14.9 Å². The average molecular weight is 431 g/mol. The molecule has 2 N–H and O–H groups in total. The minimum Gasteiger partial charge on any atom is -0.484 e. The molecule has 2 aromatic carbocycles. The van der Waals surface area contributed by atoms with Gasteiger partial charge < -0.3 is 10.1 Å². The fraction of sp³-hybridized carbons (Fsp3) is 0.200. The Kier molecular flexibility index (Phi) is 5.32. The first-order valence-electron chi connectivity index (χ1n) is 9.19. The van der Waals surface area contributed by atoms with Crippen LogP contribution in [-0.4, -0.2) is 33.2 Å². The van der Waals surface area contributed by atoms with Crippen LogP contribution in [0.2, 0.25) is 0 Å². The molecular formula is C20H16F3N5O3. The summed E-state index contributed by atoms with van der Waals surface area (Å²) in [5, 5.41) is 9.14. The van der Waals surface area contributed by atoms with Crippen molar-refractivity contribution in [2.24, 2.45) is 0 Å². The molecule has 0 radical (unpaired) electrons. The number of nitrogens with one attached hydrogen (secondary N) is 2. The molecule has 31 heavy (non-hydrogen) atoms. The van der Waals surface area contributed by atoms with Crippen molar-refractivity contribution in [3.63, 3.8) is 0 Å². The van der Waals surface area contributed by atoms with E-state index in [4.69, 9.17) is 4.74 Å². The number of hydrogen-bond donors (Lipinski definition) is 2. The highest BCUT2D eigenvalue weighted by Gasteiger charge is 2.30. The Labute approximate surface area is 174 Å². The average Bonchev–Trinajstić information content (AvgIpc) is 3.20. The fourth-order valence-corrected chi connectivity index (χ4v) is 3.17. The molecule has 3 aromatic rings. The molecule has 8 nitrogen and oxygen atoms in total. The van der Waals surface area contributed by atoms with Gasteiger partial charge in [0.2, 0.25) is 11.9 Å². The van der Waals surface area contributed by atoms with Gasteiger partial charge in [0.25, 0.3) is 5.91 Å². The van der Waals surface area contributed by atoms with Crippen LogP contribution in [0.1, 0.15) is 23.6 Å². The molecule has 160 valence electrons. The zero-order valence-corrected chi connectivity index (χ0v) is 15.9. The normalized spacial score (nSPS) is 15.7. The topological polar surface area (TPSA) is 98.1 Å². The van der Waals surface area contributed by atoms with Crippen LogP contribution in [0.15, 0.2) is 54.9 Å². The molecule has 0 bridgehead atoms. The summed E-state index contributed by atoms with van der Waals surface area (Å²) < 4.78 is 45.3. The molecule has 0 saturated heterocycles. The molecule has 2 heterocycles. The van der Waals surface area contributed by atoms with E-state index in [9.17, 15) is 22.8 Å². The Bertz CT molecular complexity index is 1110. The van der Waals surface area contributed by atoms with Crippen molar-refractivity contribution in [3.05, 3.63) is 66.0 Å². The van der Waals surface area contributed by atoms with Crippen LogP contribution in [0, 0.1) is 0 Å². The lowest BCUT2D eigenvalue weighted by Crippen LogP contribution is -2.29. The number of carbonyl (C=O) groups is 2. The third-order valence-electron chi connectivity index (χ3n) is 4.61. The molecular weight excluding hydrogens is 415 g/mol. The van der Waals surface area contributed by atoms with Crippen molar-refractivity contribution >= 4 is 23.5 Å². The molecule has 0 unspecified atom stereocenters. The number of fused-ring (bicyclic) bond motifs is 1. The van der Waals surface area contributed by atoms with Gasteiger partial charge in [0, 0.05) is 5.69 Å². The lowest BCUT2D eigenvalue weighted by molar-refractivity contribution is -0.137. The molecule has 1 aliphatic rings. The number of rotatable bonds is 5. The molecule has 1 aliphatic heterocycles. The first-order chi connectivity index (χ1) is 14.8. The molecule has 2 amide bonds. The zero-order chi connectivity index (χ0) is 22.0. The Hall–Kier alpha value is -3.89. The van der Waals surface area contributed by atoms with Gasteiger partial charge >= 0.3 is 6.18 Å². The summed E-state index contributed by atoms with van der Waals surface area (Å²) in [6, 6.07) is 10.8. The zero-order valence-electron chi connectivity index (χ0n) is 15.9. The van der Waals surface area contributed by atoms with Crippen LogP contribution < -0.4 is 15.4 Å². The van der Waals surface area contributed by atoms with Crippen LogP contribution >= 0.6 is 0 Å². The quantitative estimate of drug-likeness (QED) is 0.646. The van der Waals surface area contributed by atoms with Crippen molar-refractivity contribution in [1.29, 1.82) is 0 Å². The summed E-state index contributed by atoms with van der Waals surface area (Å²) in [5.41, 5.74) is -0.0194. The highest BCUT2D eigenvalue weighted by molar-refractivity contribution is 5.92. The first kappa shape index (κ1) is 20.4. The van der Waals surface area contributed by atoms with E-state index in [2.05, 4.69) is 20.7 Å². The molecule has 0 fully saturated rings. The number of ether oxygens (including phenoxy) is 1. The number of amides is 2. The Balaban J connectivity index is 1.36. The lowest BCUT2D eigenvalue weighted by Gasteiger charge is -2.23. The van der Waals surface area contributed by atoms with Crippen LogP contribution in [0.4, 0.5) is 24.8 Å². The Morgan fingerprint density at radius 3 is 2.74 bits per heavy atom. The van der Waals surface area contributed by atoms with E-state index in [1.165, 1.54) is 18.5 Å². The number of hydrogen-bond acceptors (Lipinski definition) is 5. The maximum atomic E-state index is 12.8. The largest absolute Gasteiger partial charge is 0.484 e. The summed E-state index contributed by atoms with van der Waals surface area (Å²) in [4.78, 5) is 27.9. The number of halogens is 3. The number of benzene rings is 2. The standard InChI is InChI=1S/C20H16F3N5O3/c21-20(22,23)13-2-1-3-14(8-13)26-18(30)10-31-15-6-4-12(5-7-15)16-9-17(29)27-19-24-11-25-28(16)19/h1-8,11,16H,9-10H2,(H,26,30)(H,24,25,27,29)/t16-/m1/s1. The molecule has 0 saturated carbocycles. The number of carbonyl (C=O) groups excluding carboxylic acids is 2. The monoisotopic (exact) mass is 431 g/mol. The highest BCUT2D eigenvalue weighted by atomic mass is 19.4. The molecule has 4 rings (SSSR count). The Morgan fingerprint density at radius 1 is 1.23 bits per heavy atom. The van der Waals surface area contributed by atoms with Gasteiger partial charge in [-0.1, -0.05) is 18.2 Å². The third-order valence-corrected chi connectivity index (χ3v) is 4.61. The summed E-state index contributed by atoms with van der Waals surface area (Å²) in [5.74, 6) is -0.00782. The molecule has 1 aromatic heterocycles. The van der Waals surface area contributed by atoms with Gasteiger partial charge in [-0.2, -0.15) is 23.3 Å². The van der Waals surface area contributed by atoms with Crippen LogP contribution in [0.3, 0.4) is 0 Å². The number of alkyl halides is 3. The predicted octanol–water partition coefficient (Wildman–Crippen LogP) is 3.25. The second-order valence-electron chi connectivity index (χ2n) is 6.78. The molecule has 1 atom stereocenters. The van der Waals surface area contributed by atoms with Gasteiger partial charge in [-0.05, 0) is 35.9 Å². The summed E-state index contributed by atoms with van der Waals surface area (Å²) in [6.07, 6.45) is -2.94. The van der Waals surface area contributed by atoms with Crippen LogP contribution in [0.25, 0.3) is 0 Å². The molecule has 11 heteroatoms. The van der Waals surface area contributed by atoms with E-state index in [1.807, 2.05) is 0 Å². The number of aromatic nitrogens is 3. The van der Waals surface area contributed by atoms with Gasteiger partial charge in [-0.25, -0.2) is 4.68 Å². The summed E-state index contributed by atoms with van der Waals surface area (Å²) in [6.45, 7) is -0.380. The lowest BCUT2D eigenvalue weighted by atomic mass is 10.0. The predicted molar refractivity (Wildman–Crippen MR) is 103 cm³/mol. The van der Waals surface area contributed by atoms with Crippen LogP contribution in [0.5, 0.6) is 5.75 Å². The maximum absolute atomic E-state index is 12.8. The van der Waals surface area contributed by atoms with E-state index in [1.54, 1.807) is 28.9 Å². The second kappa shape index (κ2) is 8.09. The SMILES string of the molecule is O=C(COc1ccc([C@H]2CC(=O)Nc3ncnn32)cc1)Nc1cccc(C(F)(F)F)c1. The van der Waals surface area contributed by atoms with Crippen molar-refractivity contribution < 1.29 is 27.5 Å². The van der Waals surface area contributed by atoms with E-state index >= 15 is 0 Å². The van der Waals surface area contributed by atoms with Crippen LogP contribution in [-0.2, 0) is 15.8 Å². The summed E-state index contributed by atoms with van der Waals surface area (Å²) in [7, 11) is 0. The van der Waals surface area contributed by atoms with Crippen molar-refractivity contribution in [3.8, 4) is 5.75 Å². The van der Waals surface area contributed by atoms with Gasteiger partial charge in [0.1, 0.15) is 12.1 Å². The first-order valence-corrected chi connectivity index (χ1v) is 9.19. The van der Waals surface area contributed by atoms with Gasteiger partial charge in [0.15, 0.2) is 6.61 Å². The number of anilines is 2. The minimum absolute atomic E-state index is 0.0259. The smallest absolute Gasteiger partial charge is 0.416 e. The van der Waals surface area contributed by atoms with Crippen molar-refractivity contribution in [2.45, 2.75) is 18.6 Å². The molecule has 0 spiro atoms. The summed E-state index contributed by atoms with van der Waals surface area (Å²) >= 11 is 0. The van der Waals surface area contributed by atoms with Gasteiger partial charge in [-0.15, -0.1) is 0 Å². The minimum atomic E-state index is -4.50.